The second-order valence-corrected chi connectivity index (χ2v) is 4.95. The van der Waals surface area contributed by atoms with Crippen LogP contribution in [0.2, 0.25) is 0 Å². The predicted molar refractivity (Wildman–Crippen MR) is 85.2 cm³/mol. The fourth-order valence-corrected chi connectivity index (χ4v) is 2.49. The molecule has 0 aliphatic heterocycles. The standard InChI is InChI=1S/C18H19NO3/c1-22-18(20)17(19-21)13-12-16(14-8-4-2-5-9-14)15-10-6-3-7-11-15/h2-11,16,21H,12-13H2,1H3/b19-17+. The molecule has 0 heterocycles. The highest BCUT2D eigenvalue weighted by Gasteiger charge is 2.18. The minimum atomic E-state index is -0.595. The first-order valence-electron chi connectivity index (χ1n) is 7.15. The van der Waals surface area contributed by atoms with Gasteiger partial charge in [0.25, 0.3) is 0 Å². The van der Waals surface area contributed by atoms with Gasteiger partial charge in [-0.15, -0.1) is 0 Å². The average molecular weight is 297 g/mol. The van der Waals surface area contributed by atoms with Crippen LogP contribution in [0.15, 0.2) is 65.8 Å². The molecule has 0 radical (unpaired) electrons. The molecule has 0 saturated carbocycles. The van der Waals surface area contributed by atoms with Crippen LogP contribution in [0.25, 0.3) is 0 Å². The SMILES string of the molecule is COC(=O)/C(CCC(c1ccccc1)c1ccccc1)=N/O. The van der Waals surface area contributed by atoms with E-state index >= 15 is 0 Å². The molecule has 0 saturated heterocycles. The molecule has 0 aliphatic carbocycles. The summed E-state index contributed by atoms with van der Waals surface area (Å²) < 4.78 is 4.62. The van der Waals surface area contributed by atoms with Gasteiger partial charge in [-0.05, 0) is 17.5 Å². The lowest BCUT2D eigenvalue weighted by atomic mass is 9.87. The molecule has 2 aromatic carbocycles. The lowest BCUT2D eigenvalue weighted by Gasteiger charge is -2.18. The van der Waals surface area contributed by atoms with Gasteiger partial charge in [0, 0.05) is 12.3 Å². The number of methoxy groups -OCH3 is 1. The van der Waals surface area contributed by atoms with Crippen LogP contribution in [-0.4, -0.2) is 24.0 Å². The van der Waals surface area contributed by atoms with Crippen molar-refractivity contribution in [1.29, 1.82) is 0 Å². The van der Waals surface area contributed by atoms with E-state index in [1.54, 1.807) is 0 Å². The highest BCUT2D eigenvalue weighted by atomic mass is 16.5. The smallest absolute Gasteiger partial charge is 0.355 e. The van der Waals surface area contributed by atoms with E-state index in [9.17, 15) is 4.79 Å². The van der Waals surface area contributed by atoms with Crippen molar-refractivity contribution in [2.75, 3.05) is 7.11 Å². The Kier molecular flexibility index (Phi) is 5.72. The molecule has 2 rings (SSSR count). The van der Waals surface area contributed by atoms with Gasteiger partial charge in [-0.25, -0.2) is 4.79 Å². The van der Waals surface area contributed by atoms with Gasteiger partial charge >= 0.3 is 5.97 Å². The van der Waals surface area contributed by atoms with Crippen molar-refractivity contribution in [2.24, 2.45) is 5.16 Å². The summed E-state index contributed by atoms with van der Waals surface area (Å²) in [4.78, 5) is 11.5. The Morgan fingerprint density at radius 1 is 1.05 bits per heavy atom. The van der Waals surface area contributed by atoms with E-state index in [0.29, 0.717) is 12.8 Å². The molecule has 0 unspecified atom stereocenters. The van der Waals surface area contributed by atoms with E-state index in [4.69, 9.17) is 5.21 Å². The number of carbonyl (C=O) groups is 1. The Morgan fingerprint density at radius 3 is 1.95 bits per heavy atom. The number of hydrogen-bond acceptors (Lipinski definition) is 4. The summed E-state index contributed by atoms with van der Waals surface area (Å²) >= 11 is 0. The third-order valence-corrected chi connectivity index (χ3v) is 3.62. The second kappa shape index (κ2) is 7.98. The quantitative estimate of drug-likeness (QED) is 0.383. The lowest BCUT2D eigenvalue weighted by Crippen LogP contribution is -2.17. The molecule has 0 aliphatic rings. The number of esters is 1. The molecular formula is C18H19NO3. The van der Waals surface area contributed by atoms with E-state index in [2.05, 4.69) is 34.2 Å². The van der Waals surface area contributed by atoms with Crippen LogP contribution in [0.4, 0.5) is 0 Å². The highest BCUT2D eigenvalue weighted by Crippen LogP contribution is 2.29. The molecule has 0 fully saturated rings. The van der Waals surface area contributed by atoms with Gasteiger partial charge < -0.3 is 9.94 Å². The maximum Gasteiger partial charge on any atom is 0.355 e. The number of oxime groups is 1. The minimum absolute atomic E-state index is 0.0411. The van der Waals surface area contributed by atoms with Crippen LogP contribution in [0.1, 0.15) is 29.9 Å². The largest absolute Gasteiger partial charge is 0.464 e. The zero-order valence-corrected chi connectivity index (χ0v) is 12.5. The molecule has 0 atom stereocenters. The van der Waals surface area contributed by atoms with Gasteiger partial charge in [0.2, 0.25) is 0 Å². The van der Waals surface area contributed by atoms with Crippen molar-refractivity contribution in [3.63, 3.8) is 0 Å². The molecule has 2 aromatic rings. The number of benzene rings is 2. The number of rotatable bonds is 6. The van der Waals surface area contributed by atoms with Crippen molar-refractivity contribution >= 4 is 11.7 Å². The normalized spacial score (nSPS) is 11.5. The number of hydrogen-bond donors (Lipinski definition) is 1. The van der Waals surface area contributed by atoms with Gasteiger partial charge in [0.15, 0.2) is 5.71 Å². The van der Waals surface area contributed by atoms with Gasteiger partial charge in [-0.1, -0.05) is 65.8 Å². The summed E-state index contributed by atoms with van der Waals surface area (Å²) in [6, 6.07) is 20.2. The van der Waals surface area contributed by atoms with Crippen LogP contribution in [-0.2, 0) is 9.53 Å². The number of nitrogens with zero attached hydrogens (tertiary/aromatic N) is 1. The zero-order valence-electron chi connectivity index (χ0n) is 12.5. The van der Waals surface area contributed by atoms with Crippen LogP contribution in [0.3, 0.4) is 0 Å². The average Bonchev–Trinajstić information content (AvgIpc) is 2.60. The Morgan fingerprint density at radius 2 is 1.55 bits per heavy atom. The lowest BCUT2D eigenvalue weighted by molar-refractivity contribution is -0.133. The number of ether oxygens (including phenoxy) is 1. The fraction of sp³-hybridized carbons (Fsp3) is 0.222. The third-order valence-electron chi connectivity index (χ3n) is 3.62. The topological polar surface area (TPSA) is 58.9 Å². The maximum absolute atomic E-state index is 11.5. The molecule has 114 valence electrons. The Balaban J connectivity index is 2.21. The van der Waals surface area contributed by atoms with E-state index in [0.717, 1.165) is 11.1 Å². The summed E-state index contributed by atoms with van der Waals surface area (Å²) in [5, 5.41) is 12.0. The Labute approximate surface area is 130 Å². The molecule has 0 bridgehead atoms. The van der Waals surface area contributed by atoms with Crippen molar-refractivity contribution in [3.05, 3.63) is 71.8 Å². The van der Waals surface area contributed by atoms with Crippen LogP contribution < -0.4 is 0 Å². The first-order valence-corrected chi connectivity index (χ1v) is 7.15. The van der Waals surface area contributed by atoms with Gasteiger partial charge in [0.1, 0.15) is 0 Å². The maximum atomic E-state index is 11.5. The predicted octanol–water partition coefficient (Wildman–Crippen LogP) is 3.60. The first kappa shape index (κ1) is 15.8. The van der Waals surface area contributed by atoms with E-state index in [1.807, 2.05) is 36.4 Å². The Hall–Kier alpha value is -2.62. The summed E-state index contributed by atoms with van der Waals surface area (Å²) in [7, 11) is 1.28. The molecule has 0 aromatic heterocycles. The summed E-state index contributed by atoms with van der Waals surface area (Å²) in [6.45, 7) is 0. The third kappa shape index (κ3) is 3.95. The molecule has 22 heavy (non-hydrogen) atoms. The van der Waals surface area contributed by atoms with Gasteiger partial charge in [-0.3, -0.25) is 0 Å². The zero-order chi connectivity index (χ0) is 15.8. The highest BCUT2D eigenvalue weighted by molar-refractivity contribution is 6.36. The second-order valence-electron chi connectivity index (χ2n) is 4.95. The van der Waals surface area contributed by atoms with Crippen molar-refractivity contribution in [3.8, 4) is 0 Å². The monoisotopic (exact) mass is 297 g/mol. The molecule has 4 nitrogen and oxygen atoms in total. The Bertz CT molecular complexity index is 584. The van der Waals surface area contributed by atoms with Crippen LogP contribution >= 0.6 is 0 Å². The minimum Gasteiger partial charge on any atom is -0.464 e. The van der Waals surface area contributed by atoms with Crippen LogP contribution in [0, 0.1) is 0 Å². The van der Waals surface area contributed by atoms with Crippen LogP contribution in [0.5, 0.6) is 0 Å². The summed E-state index contributed by atoms with van der Waals surface area (Å²) in [6.07, 6.45) is 1.00. The van der Waals surface area contributed by atoms with Crippen molar-refractivity contribution in [1.82, 2.24) is 0 Å². The van der Waals surface area contributed by atoms with Crippen molar-refractivity contribution in [2.45, 2.75) is 18.8 Å². The van der Waals surface area contributed by atoms with Crippen molar-refractivity contribution < 1.29 is 14.7 Å². The van der Waals surface area contributed by atoms with E-state index < -0.39 is 5.97 Å². The van der Waals surface area contributed by atoms with Gasteiger partial charge in [0.05, 0.1) is 7.11 Å². The molecule has 4 heteroatoms. The van der Waals surface area contributed by atoms with E-state index in [-0.39, 0.29) is 11.6 Å². The van der Waals surface area contributed by atoms with E-state index in [1.165, 1.54) is 7.11 Å². The molecular weight excluding hydrogens is 278 g/mol. The molecule has 0 spiro atoms. The summed E-state index contributed by atoms with van der Waals surface area (Å²) in [5.41, 5.74) is 2.37. The fourth-order valence-electron chi connectivity index (χ4n) is 2.49. The summed E-state index contributed by atoms with van der Waals surface area (Å²) in [5.74, 6) is -0.467. The molecule has 1 N–H and O–H groups in total. The molecule has 0 amide bonds. The number of carbonyl (C=O) groups excluding carboxylic acids is 1. The van der Waals surface area contributed by atoms with Gasteiger partial charge in [-0.2, -0.15) is 0 Å². The first-order chi connectivity index (χ1) is 10.8.